The molecule has 0 radical (unpaired) electrons. The Kier molecular flexibility index (Phi) is 5.68. The lowest BCUT2D eigenvalue weighted by molar-refractivity contribution is 0.537. The molecular formula is C15H22N4O2S. The van der Waals surface area contributed by atoms with E-state index in [1.54, 1.807) is 0 Å². The van der Waals surface area contributed by atoms with Gasteiger partial charge in [-0.1, -0.05) is 44.2 Å². The van der Waals surface area contributed by atoms with Crippen molar-refractivity contribution in [2.75, 3.05) is 5.75 Å². The van der Waals surface area contributed by atoms with Crippen molar-refractivity contribution >= 4 is 10.0 Å². The van der Waals surface area contributed by atoms with Crippen LogP contribution in [0.5, 0.6) is 0 Å². The smallest absolute Gasteiger partial charge is 0.212 e. The van der Waals surface area contributed by atoms with Crippen LogP contribution in [0.2, 0.25) is 0 Å². The predicted octanol–water partition coefficient (Wildman–Crippen LogP) is 2.05. The number of H-pyrrole nitrogens is 1. The highest BCUT2D eigenvalue weighted by Gasteiger charge is 2.21. The number of aromatic amines is 1. The summed E-state index contributed by atoms with van der Waals surface area (Å²) < 4.78 is 27.4. The van der Waals surface area contributed by atoms with Crippen molar-refractivity contribution < 1.29 is 8.42 Å². The van der Waals surface area contributed by atoms with Gasteiger partial charge in [0.15, 0.2) is 0 Å². The maximum Gasteiger partial charge on any atom is 0.212 e. The summed E-state index contributed by atoms with van der Waals surface area (Å²) in [6.07, 6.45) is 2.49. The predicted molar refractivity (Wildman–Crippen MR) is 85.6 cm³/mol. The molecular weight excluding hydrogens is 300 g/mol. The topological polar surface area (TPSA) is 87.7 Å². The fourth-order valence-corrected chi connectivity index (χ4v) is 3.65. The van der Waals surface area contributed by atoms with E-state index >= 15 is 0 Å². The standard InChI is InChI=1S/C15H22N4O2S/c1-12(2)8-9-22(20,21)19-14(10-15-16-11-17-18-15)13-6-4-3-5-7-13/h3-7,11-12,14,19H,8-10H2,1-2H3,(H,16,17,18)/t14-/m1/s1. The molecule has 1 aromatic heterocycles. The van der Waals surface area contributed by atoms with E-state index < -0.39 is 10.0 Å². The highest BCUT2D eigenvalue weighted by molar-refractivity contribution is 7.89. The molecule has 0 saturated heterocycles. The van der Waals surface area contributed by atoms with Gasteiger partial charge < -0.3 is 0 Å². The summed E-state index contributed by atoms with van der Waals surface area (Å²) in [5, 5.41) is 6.59. The quantitative estimate of drug-likeness (QED) is 0.778. The van der Waals surface area contributed by atoms with Crippen molar-refractivity contribution in [3.05, 3.63) is 48.0 Å². The van der Waals surface area contributed by atoms with Crippen LogP contribution in [0, 0.1) is 5.92 Å². The Morgan fingerprint density at radius 2 is 1.95 bits per heavy atom. The van der Waals surface area contributed by atoms with Gasteiger partial charge in [-0.3, -0.25) is 5.10 Å². The molecule has 0 fully saturated rings. The first-order chi connectivity index (χ1) is 10.5. The lowest BCUT2D eigenvalue weighted by atomic mass is 10.0. The third-order valence-electron chi connectivity index (χ3n) is 3.35. The first kappa shape index (κ1) is 16.6. The fourth-order valence-electron chi connectivity index (χ4n) is 2.10. The van der Waals surface area contributed by atoms with Crippen LogP contribution < -0.4 is 4.72 Å². The molecule has 0 spiro atoms. The number of rotatable bonds is 8. The first-order valence-electron chi connectivity index (χ1n) is 7.35. The van der Waals surface area contributed by atoms with Gasteiger partial charge in [0.05, 0.1) is 11.8 Å². The number of aromatic nitrogens is 3. The molecule has 6 nitrogen and oxygen atoms in total. The molecule has 1 atom stereocenters. The number of hydrogen-bond acceptors (Lipinski definition) is 4. The molecule has 2 aromatic rings. The first-order valence-corrected chi connectivity index (χ1v) is 9.00. The summed E-state index contributed by atoms with van der Waals surface area (Å²) in [6.45, 7) is 4.03. The fraction of sp³-hybridized carbons (Fsp3) is 0.467. The average Bonchev–Trinajstić information content (AvgIpc) is 2.98. The summed E-state index contributed by atoms with van der Waals surface area (Å²) in [7, 11) is -3.34. The van der Waals surface area contributed by atoms with Gasteiger partial charge in [-0.25, -0.2) is 18.1 Å². The van der Waals surface area contributed by atoms with Crippen molar-refractivity contribution in [1.29, 1.82) is 0 Å². The molecule has 22 heavy (non-hydrogen) atoms. The van der Waals surface area contributed by atoms with E-state index in [1.165, 1.54) is 6.33 Å². The van der Waals surface area contributed by atoms with Gasteiger partial charge in [-0.2, -0.15) is 5.10 Å². The summed E-state index contributed by atoms with van der Waals surface area (Å²) >= 11 is 0. The molecule has 2 rings (SSSR count). The van der Waals surface area contributed by atoms with E-state index in [2.05, 4.69) is 19.9 Å². The Morgan fingerprint density at radius 1 is 1.23 bits per heavy atom. The lowest BCUT2D eigenvalue weighted by Crippen LogP contribution is -2.32. The van der Waals surface area contributed by atoms with Gasteiger partial charge in [0.2, 0.25) is 10.0 Å². The Morgan fingerprint density at radius 3 is 2.55 bits per heavy atom. The number of sulfonamides is 1. The summed E-state index contributed by atoms with van der Waals surface area (Å²) in [6, 6.07) is 9.16. The molecule has 7 heteroatoms. The molecule has 0 aliphatic carbocycles. The highest BCUT2D eigenvalue weighted by atomic mass is 32.2. The van der Waals surface area contributed by atoms with Gasteiger partial charge >= 0.3 is 0 Å². The Hall–Kier alpha value is -1.73. The van der Waals surface area contributed by atoms with E-state index in [9.17, 15) is 8.42 Å². The van der Waals surface area contributed by atoms with Crippen LogP contribution in [0.3, 0.4) is 0 Å². The van der Waals surface area contributed by atoms with Crippen LogP contribution in [-0.2, 0) is 16.4 Å². The zero-order valence-corrected chi connectivity index (χ0v) is 13.7. The van der Waals surface area contributed by atoms with Crippen LogP contribution in [0.1, 0.15) is 37.7 Å². The number of nitrogens with one attached hydrogen (secondary N) is 2. The molecule has 0 amide bonds. The number of nitrogens with zero attached hydrogens (tertiary/aromatic N) is 2. The summed E-state index contributed by atoms with van der Waals surface area (Å²) in [5.41, 5.74) is 0.909. The molecule has 0 aliphatic rings. The van der Waals surface area contributed by atoms with Gasteiger partial charge in [-0.05, 0) is 17.9 Å². The Labute approximate surface area is 131 Å². The maximum atomic E-state index is 12.3. The Bertz CT molecular complexity index is 654. The molecule has 1 heterocycles. The van der Waals surface area contributed by atoms with Crippen LogP contribution in [0.4, 0.5) is 0 Å². The van der Waals surface area contributed by atoms with Crippen molar-refractivity contribution in [2.24, 2.45) is 5.92 Å². The van der Waals surface area contributed by atoms with E-state index in [0.717, 1.165) is 5.56 Å². The maximum absolute atomic E-state index is 12.3. The number of benzene rings is 1. The lowest BCUT2D eigenvalue weighted by Gasteiger charge is -2.18. The molecule has 0 aliphatic heterocycles. The summed E-state index contributed by atoms with van der Waals surface area (Å²) in [4.78, 5) is 4.08. The van der Waals surface area contributed by atoms with Crippen molar-refractivity contribution in [2.45, 2.75) is 32.7 Å². The third kappa shape index (κ3) is 5.23. The van der Waals surface area contributed by atoms with Gasteiger partial charge in [0.25, 0.3) is 0 Å². The van der Waals surface area contributed by atoms with E-state index in [-0.39, 0.29) is 11.8 Å². The normalized spacial score (nSPS) is 13.4. The second-order valence-corrected chi connectivity index (χ2v) is 7.59. The van der Waals surface area contributed by atoms with Crippen LogP contribution in [-0.4, -0.2) is 29.4 Å². The van der Waals surface area contributed by atoms with Crippen molar-refractivity contribution in [3.63, 3.8) is 0 Å². The molecule has 0 unspecified atom stereocenters. The van der Waals surface area contributed by atoms with Gasteiger partial charge in [0, 0.05) is 6.42 Å². The third-order valence-corrected chi connectivity index (χ3v) is 4.77. The van der Waals surface area contributed by atoms with E-state index in [0.29, 0.717) is 24.6 Å². The summed E-state index contributed by atoms with van der Waals surface area (Å²) in [5.74, 6) is 1.13. The second-order valence-electron chi connectivity index (χ2n) is 5.72. The van der Waals surface area contributed by atoms with Gasteiger partial charge in [-0.15, -0.1) is 0 Å². The minimum Gasteiger partial charge on any atom is -0.263 e. The van der Waals surface area contributed by atoms with Crippen LogP contribution >= 0.6 is 0 Å². The largest absolute Gasteiger partial charge is 0.263 e. The Balaban J connectivity index is 2.14. The molecule has 1 aromatic carbocycles. The minimum absolute atomic E-state index is 0.129. The van der Waals surface area contributed by atoms with Crippen molar-refractivity contribution in [3.8, 4) is 0 Å². The van der Waals surface area contributed by atoms with E-state index in [1.807, 2.05) is 44.2 Å². The zero-order chi connectivity index (χ0) is 16.0. The van der Waals surface area contributed by atoms with Crippen LogP contribution in [0.15, 0.2) is 36.7 Å². The molecule has 2 N–H and O–H groups in total. The van der Waals surface area contributed by atoms with Gasteiger partial charge in [0.1, 0.15) is 12.2 Å². The minimum atomic E-state index is -3.34. The second kappa shape index (κ2) is 7.51. The monoisotopic (exact) mass is 322 g/mol. The highest BCUT2D eigenvalue weighted by Crippen LogP contribution is 2.18. The SMILES string of the molecule is CC(C)CCS(=O)(=O)N[C@H](Cc1ncn[nH]1)c1ccccc1. The molecule has 0 saturated carbocycles. The number of hydrogen-bond donors (Lipinski definition) is 2. The average molecular weight is 322 g/mol. The molecule has 120 valence electrons. The molecule has 0 bridgehead atoms. The van der Waals surface area contributed by atoms with E-state index in [4.69, 9.17) is 0 Å². The van der Waals surface area contributed by atoms with Crippen LogP contribution in [0.25, 0.3) is 0 Å². The zero-order valence-electron chi connectivity index (χ0n) is 12.9. The van der Waals surface area contributed by atoms with Crippen molar-refractivity contribution in [1.82, 2.24) is 19.9 Å².